The number of carbonyl (C=O) groups excluding carboxylic acids is 1. The normalized spacial score (nSPS) is 16.4. The summed E-state index contributed by atoms with van der Waals surface area (Å²) in [7, 11) is 1.57. The Morgan fingerprint density at radius 3 is 2.48 bits per heavy atom. The molecule has 118 valence electrons. The molecule has 0 radical (unpaired) electrons. The SMILES string of the molecule is C=C/C(=C\C=C\CO)N1CCN(C(=O)OCCOC)CC1. The van der Waals surface area contributed by atoms with Crippen LogP contribution < -0.4 is 0 Å². The van der Waals surface area contributed by atoms with E-state index in [1.165, 1.54) is 0 Å². The largest absolute Gasteiger partial charge is 0.447 e. The molecule has 0 aromatic rings. The first-order valence-electron chi connectivity index (χ1n) is 6.98. The third kappa shape index (κ3) is 6.01. The van der Waals surface area contributed by atoms with Crippen molar-refractivity contribution in [2.24, 2.45) is 0 Å². The molecule has 0 unspecified atom stereocenters. The van der Waals surface area contributed by atoms with Crippen LogP contribution in [-0.4, -0.2) is 74.1 Å². The highest BCUT2D eigenvalue weighted by Gasteiger charge is 2.22. The lowest BCUT2D eigenvalue weighted by atomic mass is 10.2. The summed E-state index contributed by atoms with van der Waals surface area (Å²) in [6.45, 7) is 7.17. The number of hydrogen-bond donors (Lipinski definition) is 1. The smallest absolute Gasteiger partial charge is 0.409 e. The van der Waals surface area contributed by atoms with Crippen LogP contribution in [0.3, 0.4) is 0 Å². The molecule has 1 amide bonds. The summed E-state index contributed by atoms with van der Waals surface area (Å²) in [4.78, 5) is 15.6. The maximum atomic E-state index is 11.8. The molecule has 21 heavy (non-hydrogen) atoms. The Labute approximate surface area is 125 Å². The zero-order chi connectivity index (χ0) is 15.5. The van der Waals surface area contributed by atoms with Crippen molar-refractivity contribution in [3.63, 3.8) is 0 Å². The molecular formula is C15H24N2O4. The van der Waals surface area contributed by atoms with Gasteiger partial charge in [-0.3, -0.25) is 0 Å². The topological polar surface area (TPSA) is 62.2 Å². The third-order valence-electron chi connectivity index (χ3n) is 3.13. The summed E-state index contributed by atoms with van der Waals surface area (Å²) in [5.74, 6) is 0. The van der Waals surface area contributed by atoms with Gasteiger partial charge in [-0.2, -0.15) is 0 Å². The van der Waals surface area contributed by atoms with E-state index in [9.17, 15) is 4.79 Å². The van der Waals surface area contributed by atoms with Crippen LogP contribution in [0.1, 0.15) is 0 Å². The van der Waals surface area contributed by atoms with E-state index in [1.807, 2.05) is 6.08 Å². The Bertz CT molecular complexity index is 385. The number of ether oxygens (including phenoxy) is 2. The fourth-order valence-electron chi connectivity index (χ4n) is 1.98. The van der Waals surface area contributed by atoms with Gasteiger partial charge in [0.25, 0.3) is 0 Å². The Kier molecular flexibility index (Phi) is 8.23. The Hall–Kier alpha value is -1.79. The maximum absolute atomic E-state index is 11.8. The number of methoxy groups -OCH3 is 1. The predicted molar refractivity (Wildman–Crippen MR) is 80.9 cm³/mol. The summed E-state index contributed by atoms with van der Waals surface area (Å²) < 4.78 is 9.94. The first-order valence-corrected chi connectivity index (χ1v) is 6.98. The van der Waals surface area contributed by atoms with Gasteiger partial charge in [-0.1, -0.05) is 18.7 Å². The van der Waals surface area contributed by atoms with Gasteiger partial charge >= 0.3 is 6.09 Å². The van der Waals surface area contributed by atoms with Crippen molar-refractivity contribution in [1.29, 1.82) is 0 Å². The molecule has 0 bridgehead atoms. The van der Waals surface area contributed by atoms with E-state index in [0.29, 0.717) is 19.7 Å². The quantitative estimate of drug-likeness (QED) is 0.561. The molecule has 1 N–H and O–H groups in total. The number of carbonyl (C=O) groups is 1. The van der Waals surface area contributed by atoms with Gasteiger partial charge in [0.2, 0.25) is 0 Å². The molecule has 6 heteroatoms. The van der Waals surface area contributed by atoms with E-state index < -0.39 is 0 Å². The van der Waals surface area contributed by atoms with Crippen LogP contribution >= 0.6 is 0 Å². The van der Waals surface area contributed by atoms with Crippen molar-refractivity contribution >= 4 is 6.09 Å². The molecule has 6 nitrogen and oxygen atoms in total. The summed E-state index contributed by atoms with van der Waals surface area (Å²) in [5, 5.41) is 8.72. The Morgan fingerprint density at radius 1 is 1.24 bits per heavy atom. The molecule has 1 rings (SSSR count). The second kappa shape index (κ2) is 10.0. The highest BCUT2D eigenvalue weighted by Crippen LogP contribution is 2.11. The van der Waals surface area contributed by atoms with Crippen molar-refractivity contribution in [3.05, 3.63) is 36.6 Å². The van der Waals surface area contributed by atoms with Crippen LogP contribution in [0.5, 0.6) is 0 Å². The molecule has 1 fully saturated rings. The molecule has 0 saturated carbocycles. The van der Waals surface area contributed by atoms with Crippen LogP contribution in [0.25, 0.3) is 0 Å². The molecule has 0 aromatic carbocycles. The van der Waals surface area contributed by atoms with Crippen LogP contribution in [-0.2, 0) is 9.47 Å². The van der Waals surface area contributed by atoms with Crippen molar-refractivity contribution in [1.82, 2.24) is 9.80 Å². The first-order chi connectivity index (χ1) is 10.2. The standard InChI is InChI=1S/C15H24N2O4/c1-3-14(6-4-5-11-18)16-7-9-17(10-8-16)15(19)21-13-12-20-2/h3-6,18H,1,7-13H2,2H3/b5-4+,14-6+. The van der Waals surface area contributed by atoms with Gasteiger partial charge in [0.05, 0.1) is 13.2 Å². The minimum atomic E-state index is -0.295. The zero-order valence-electron chi connectivity index (χ0n) is 12.5. The average molecular weight is 296 g/mol. The van der Waals surface area contributed by atoms with Crippen molar-refractivity contribution in [2.75, 3.05) is 53.1 Å². The summed E-state index contributed by atoms with van der Waals surface area (Å²) in [6.07, 6.45) is 6.83. The number of amides is 1. The zero-order valence-corrected chi connectivity index (χ0v) is 12.5. The highest BCUT2D eigenvalue weighted by molar-refractivity contribution is 5.67. The maximum Gasteiger partial charge on any atom is 0.409 e. The number of rotatable bonds is 7. The van der Waals surface area contributed by atoms with E-state index >= 15 is 0 Å². The van der Waals surface area contributed by atoms with Crippen molar-refractivity contribution in [3.8, 4) is 0 Å². The molecule has 0 aromatic heterocycles. The van der Waals surface area contributed by atoms with Crippen LogP contribution in [0.15, 0.2) is 36.6 Å². The lowest BCUT2D eigenvalue weighted by Crippen LogP contribution is -2.48. The van der Waals surface area contributed by atoms with Crippen LogP contribution in [0.4, 0.5) is 4.79 Å². The van der Waals surface area contributed by atoms with E-state index in [-0.39, 0.29) is 19.3 Å². The molecule has 0 aliphatic carbocycles. The number of allylic oxidation sites excluding steroid dienone is 3. The lowest BCUT2D eigenvalue weighted by Gasteiger charge is -2.35. The minimum Gasteiger partial charge on any atom is -0.447 e. The van der Waals surface area contributed by atoms with Gasteiger partial charge in [-0.25, -0.2) is 4.79 Å². The second-order valence-electron chi connectivity index (χ2n) is 4.49. The summed E-state index contributed by atoms with van der Waals surface area (Å²) in [6, 6.07) is 0. The average Bonchev–Trinajstić information content (AvgIpc) is 2.52. The summed E-state index contributed by atoms with van der Waals surface area (Å²) in [5.41, 5.74) is 0.979. The van der Waals surface area contributed by atoms with Crippen molar-refractivity contribution < 1.29 is 19.4 Å². The monoisotopic (exact) mass is 296 g/mol. The Balaban J connectivity index is 2.43. The molecular weight excluding hydrogens is 272 g/mol. The van der Waals surface area contributed by atoms with Crippen LogP contribution in [0, 0.1) is 0 Å². The predicted octanol–water partition coefficient (Wildman–Crippen LogP) is 1.01. The van der Waals surface area contributed by atoms with Crippen molar-refractivity contribution in [2.45, 2.75) is 0 Å². The number of nitrogens with zero attached hydrogens (tertiary/aromatic N) is 2. The van der Waals surface area contributed by atoms with Gasteiger partial charge in [0.15, 0.2) is 0 Å². The minimum absolute atomic E-state index is 0.0159. The van der Waals surface area contributed by atoms with Gasteiger partial charge in [-0.15, -0.1) is 0 Å². The van der Waals surface area contributed by atoms with Gasteiger partial charge < -0.3 is 24.4 Å². The summed E-state index contributed by atoms with van der Waals surface area (Å²) >= 11 is 0. The van der Waals surface area contributed by atoms with Crippen LogP contribution in [0.2, 0.25) is 0 Å². The second-order valence-corrected chi connectivity index (χ2v) is 4.49. The van der Waals surface area contributed by atoms with Gasteiger partial charge in [-0.05, 0) is 12.2 Å². The fraction of sp³-hybridized carbons (Fsp3) is 0.533. The molecule has 1 aliphatic rings. The van der Waals surface area contributed by atoms with Gasteiger partial charge in [0, 0.05) is 39.0 Å². The number of hydrogen-bond acceptors (Lipinski definition) is 5. The van der Waals surface area contributed by atoms with E-state index in [4.69, 9.17) is 14.6 Å². The van der Waals surface area contributed by atoms with E-state index in [1.54, 1.807) is 30.2 Å². The molecule has 1 saturated heterocycles. The molecule has 1 aliphatic heterocycles. The fourth-order valence-corrected chi connectivity index (χ4v) is 1.98. The first kappa shape index (κ1) is 17.3. The molecule has 0 spiro atoms. The van der Waals surface area contributed by atoms with E-state index in [2.05, 4.69) is 11.5 Å². The number of piperazine rings is 1. The third-order valence-corrected chi connectivity index (χ3v) is 3.13. The Morgan fingerprint density at radius 2 is 1.90 bits per heavy atom. The lowest BCUT2D eigenvalue weighted by molar-refractivity contribution is 0.0606. The van der Waals surface area contributed by atoms with Gasteiger partial charge in [0.1, 0.15) is 6.61 Å². The highest BCUT2D eigenvalue weighted by atomic mass is 16.6. The number of aliphatic hydroxyl groups excluding tert-OH is 1. The number of aliphatic hydroxyl groups is 1. The van der Waals surface area contributed by atoms with E-state index in [0.717, 1.165) is 18.8 Å². The molecule has 1 heterocycles. The molecule has 0 atom stereocenters.